The van der Waals surface area contributed by atoms with Crippen LogP contribution in [-0.2, 0) is 4.79 Å². The minimum atomic E-state index is -0.361. The van der Waals surface area contributed by atoms with Gasteiger partial charge in [0.1, 0.15) is 11.5 Å². The van der Waals surface area contributed by atoms with E-state index < -0.39 is 0 Å². The number of aromatic hydroxyl groups is 1. The van der Waals surface area contributed by atoms with Crippen molar-refractivity contribution in [2.75, 3.05) is 7.11 Å². The van der Waals surface area contributed by atoms with E-state index in [-0.39, 0.29) is 16.8 Å². The highest BCUT2D eigenvalue weighted by Gasteiger charge is 2.10. The molecule has 17 heavy (non-hydrogen) atoms. The number of methoxy groups -OCH3 is 1. The predicted octanol–water partition coefficient (Wildman–Crippen LogP) is 2.68. The molecule has 1 rings (SSSR count). The van der Waals surface area contributed by atoms with Crippen molar-refractivity contribution in [3.8, 4) is 11.5 Å². The molecule has 0 saturated carbocycles. The quantitative estimate of drug-likeness (QED) is 0.654. The summed E-state index contributed by atoms with van der Waals surface area (Å²) in [5.41, 5.74) is 1.17. The summed E-state index contributed by atoms with van der Waals surface area (Å²) in [4.78, 5) is 20.3. The van der Waals surface area contributed by atoms with E-state index in [0.29, 0.717) is 16.9 Å². The van der Waals surface area contributed by atoms with E-state index in [1.54, 1.807) is 13.0 Å². The topological polar surface area (TPSA) is 63.6 Å². The molecule has 0 aromatic heterocycles. The van der Waals surface area contributed by atoms with E-state index in [0.717, 1.165) is 0 Å². The lowest BCUT2D eigenvalue weighted by molar-refractivity contribution is -0.109. The predicted molar refractivity (Wildman–Crippen MR) is 65.9 cm³/mol. The fraction of sp³-hybridized carbons (Fsp3) is 0.333. The molecule has 0 radical (unpaired) electrons. The summed E-state index contributed by atoms with van der Waals surface area (Å²) in [6, 6.07) is 3.07. The summed E-state index contributed by atoms with van der Waals surface area (Å²) < 4.78 is 4.96. The molecular weight excluding hydrogens is 244 g/mol. The number of Topliss-reactive ketones (excluding diaryl/α,β-unsaturated/α-hetero) is 1. The third-order valence-electron chi connectivity index (χ3n) is 1.90. The van der Waals surface area contributed by atoms with Crippen LogP contribution in [0.2, 0.25) is 0 Å². The van der Waals surface area contributed by atoms with E-state index >= 15 is 0 Å². The van der Waals surface area contributed by atoms with Gasteiger partial charge in [0, 0.05) is 13.0 Å². The zero-order valence-electron chi connectivity index (χ0n) is 10.2. The molecule has 0 aliphatic carbocycles. The standard InChI is InChI=1S/C10H12O3.C2H3ClO/c1-6-4-8(7(2)11)10(13-3)5-9(6)12;1-2(3)4/h4-5,12H,1-3H3;1H3. The van der Waals surface area contributed by atoms with E-state index in [1.165, 1.54) is 27.0 Å². The first-order valence-corrected chi connectivity index (χ1v) is 5.22. The number of carbonyl (C=O) groups excluding carboxylic acids is 2. The average molecular weight is 259 g/mol. The summed E-state index contributed by atoms with van der Waals surface area (Å²) >= 11 is 4.64. The van der Waals surface area contributed by atoms with Crippen molar-refractivity contribution in [2.24, 2.45) is 0 Å². The summed E-state index contributed by atoms with van der Waals surface area (Å²) in [6.07, 6.45) is 0. The van der Waals surface area contributed by atoms with Gasteiger partial charge in [-0.25, -0.2) is 0 Å². The van der Waals surface area contributed by atoms with Crippen LogP contribution in [0, 0.1) is 6.92 Å². The van der Waals surface area contributed by atoms with Crippen molar-refractivity contribution in [1.29, 1.82) is 0 Å². The van der Waals surface area contributed by atoms with Gasteiger partial charge >= 0.3 is 0 Å². The van der Waals surface area contributed by atoms with Crippen LogP contribution >= 0.6 is 11.6 Å². The zero-order valence-corrected chi connectivity index (χ0v) is 11.0. The van der Waals surface area contributed by atoms with Crippen LogP contribution in [-0.4, -0.2) is 23.2 Å². The van der Waals surface area contributed by atoms with Crippen molar-refractivity contribution in [1.82, 2.24) is 0 Å². The van der Waals surface area contributed by atoms with Crippen LogP contribution in [0.15, 0.2) is 12.1 Å². The lowest BCUT2D eigenvalue weighted by Crippen LogP contribution is -1.98. The van der Waals surface area contributed by atoms with Gasteiger partial charge in [-0.2, -0.15) is 0 Å². The smallest absolute Gasteiger partial charge is 0.218 e. The average Bonchev–Trinajstić information content (AvgIpc) is 2.20. The Hall–Kier alpha value is -1.55. The van der Waals surface area contributed by atoms with E-state index in [4.69, 9.17) is 4.74 Å². The number of hydrogen-bond acceptors (Lipinski definition) is 4. The third kappa shape index (κ3) is 5.36. The van der Waals surface area contributed by atoms with Crippen LogP contribution in [0.3, 0.4) is 0 Å². The normalized spacial score (nSPS) is 9.00. The lowest BCUT2D eigenvalue weighted by Gasteiger charge is -2.07. The number of rotatable bonds is 2. The van der Waals surface area contributed by atoms with Gasteiger partial charge in [0.25, 0.3) is 0 Å². The Bertz CT molecular complexity index is 423. The summed E-state index contributed by atoms with van der Waals surface area (Å²) in [5, 5.41) is 8.99. The van der Waals surface area contributed by atoms with Gasteiger partial charge in [-0.1, -0.05) is 0 Å². The van der Waals surface area contributed by atoms with Gasteiger partial charge < -0.3 is 9.84 Å². The molecule has 0 atom stereocenters. The van der Waals surface area contributed by atoms with Gasteiger partial charge in [0.05, 0.1) is 12.7 Å². The van der Waals surface area contributed by atoms with Gasteiger partial charge in [-0.05, 0) is 37.1 Å². The minimum absolute atomic E-state index is 0.0695. The van der Waals surface area contributed by atoms with Crippen molar-refractivity contribution in [3.05, 3.63) is 23.3 Å². The molecule has 0 aliphatic heterocycles. The van der Waals surface area contributed by atoms with Crippen LogP contribution in [0.1, 0.15) is 29.8 Å². The fourth-order valence-corrected chi connectivity index (χ4v) is 1.12. The van der Waals surface area contributed by atoms with Crippen LogP contribution in [0.25, 0.3) is 0 Å². The molecule has 0 heterocycles. The Morgan fingerprint density at radius 3 is 2.12 bits per heavy atom. The van der Waals surface area contributed by atoms with Crippen molar-refractivity contribution in [2.45, 2.75) is 20.8 Å². The Morgan fingerprint density at radius 1 is 1.29 bits per heavy atom. The zero-order chi connectivity index (χ0) is 13.6. The first-order chi connectivity index (χ1) is 7.79. The fourth-order valence-electron chi connectivity index (χ4n) is 1.12. The number of aryl methyl sites for hydroxylation is 1. The number of phenolic OH excluding ortho intramolecular Hbond substituents is 1. The highest BCUT2D eigenvalue weighted by Crippen LogP contribution is 2.27. The molecule has 0 aliphatic rings. The SMILES string of the molecule is CC(=O)Cl.COc1cc(O)c(C)cc1C(C)=O. The Morgan fingerprint density at radius 2 is 1.76 bits per heavy atom. The molecule has 4 nitrogen and oxygen atoms in total. The second kappa shape index (κ2) is 6.91. The van der Waals surface area contributed by atoms with Crippen molar-refractivity contribution >= 4 is 22.6 Å². The van der Waals surface area contributed by atoms with Gasteiger partial charge in [-0.15, -0.1) is 0 Å². The number of ether oxygens (including phenoxy) is 1. The van der Waals surface area contributed by atoms with Crippen LogP contribution < -0.4 is 4.74 Å². The highest BCUT2D eigenvalue weighted by atomic mass is 35.5. The molecule has 0 amide bonds. The molecule has 0 bridgehead atoms. The van der Waals surface area contributed by atoms with E-state index in [9.17, 15) is 14.7 Å². The Kier molecular flexibility index (Phi) is 6.28. The number of hydrogen-bond donors (Lipinski definition) is 1. The summed E-state index contributed by atoms with van der Waals surface area (Å²) in [6.45, 7) is 4.50. The first-order valence-electron chi connectivity index (χ1n) is 4.84. The van der Waals surface area contributed by atoms with Gasteiger partial charge in [0.15, 0.2) is 5.78 Å². The maximum absolute atomic E-state index is 11.1. The molecule has 0 unspecified atom stereocenters. The molecule has 1 N–H and O–H groups in total. The molecule has 94 valence electrons. The number of halogens is 1. The van der Waals surface area contributed by atoms with Gasteiger partial charge in [-0.3, -0.25) is 9.59 Å². The maximum Gasteiger partial charge on any atom is 0.218 e. The summed E-state index contributed by atoms with van der Waals surface area (Å²) in [7, 11) is 1.47. The summed E-state index contributed by atoms with van der Waals surface area (Å²) in [5.74, 6) is 0.484. The number of ketones is 1. The molecule has 1 aromatic rings. The molecule has 1 aromatic carbocycles. The molecule has 0 spiro atoms. The van der Waals surface area contributed by atoms with Gasteiger partial charge in [0.2, 0.25) is 5.24 Å². The Balaban J connectivity index is 0.000000557. The second-order valence-corrected chi connectivity index (χ2v) is 3.90. The number of phenols is 1. The maximum atomic E-state index is 11.1. The van der Waals surface area contributed by atoms with E-state index in [1.807, 2.05) is 0 Å². The lowest BCUT2D eigenvalue weighted by atomic mass is 10.1. The number of benzene rings is 1. The largest absolute Gasteiger partial charge is 0.508 e. The molecule has 0 fully saturated rings. The second-order valence-electron chi connectivity index (χ2n) is 3.37. The third-order valence-corrected chi connectivity index (χ3v) is 1.90. The molecular formula is C12H15ClO4. The van der Waals surface area contributed by atoms with E-state index in [2.05, 4.69) is 11.6 Å². The Labute approximate surface area is 105 Å². The minimum Gasteiger partial charge on any atom is -0.508 e. The van der Waals surface area contributed by atoms with Crippen molar-refractivity contribution < 1.29 is 19.4 Å². The van der Waals surface area contributed by atoms with Crippen molar-refractivity contribution in [3.63, 3.8) is 0 Å². The monoisotopic (exact) mass is 258 g/mol. The highest BCUT2D eigenvalue weighted by molar-refractivity contribution is 6.62. The van der Waals surface area contributed by atoms with Crippen LogP contribution in [0.5, 0.6) is 11.5 Å². The first kappa shape index (κ1) is 15.4. The van der Waals surface area contributed by atoms with Crippen LogP contribution in [0.4, 0.5) is 0 Å². The molecule has 5 heteroatoms. The number of carbonyl (C=O) groups is 2. The molecule has 0 saturated heterocycles.